The van der Waals surface area contributed by atoms with Gasteiger partial charge in [0.1, 0.15) is 5.92 Å². The Bertz CT molecular complexity index is 551. The number of unbranched alkanes of at least 4 members (excludes halogenated alkanes) is 2. The van der Waals surface area contributed by atoms with Gasteiger partial charge in [-0.15, -0.1) is 0 Å². The molecular formula is C16H20N2O3. The van der Waals surface area contributed by atoms with E-state index in [-0.39, 0.29) is 0 Å². The van der Waals surface area contributed by atoms with Crippen LogP contribution in [0.3, 0.4) is 0 Å². The van der Waals surface area contributed by atoms with Crippen LogP contribution in [0.2, 0.25) is 0 Å². The number of hydrogen-bond acceptors (Lipinski definition) is 3. The van der Waals surface area contributed by atoms with E-state index in [1.54, 1.807) is 12.1 Å². The van der Waals surface area contributed by atoms with Crippen molar-refractivity contribution in [1.29, 1.82) is 0 Å². The van der Waals surface area contributed by atoms with Gasteiger partial charge in [-0.2, -0.15) is 0 Å². The van der Waals surface area contributed by atoms with Crippen LogP contribution in [0.25, 0.3) is 0 Å². The molecule has 0 spiro atoms. The topological polar surface area (TPSA) is 66.5 Å². The van der Waals surface area contributed by atoms with Gasteiger partial charge < -0.3 is 0 Å². The van der Waals surface area contributed by atoms with Crippen molar-refractivity contribution in [2.75, 3.05) is 6.54 Å². The van der Waals surface area contributed by atoms with Crippen LogP contribution in [0.1, 0.15) is 43.2 Å². The lowest BCUT2D eigenvalue weighted by Crippen LogP contribution is -2.56. The standard InChI is InChI=1S/C16H20N2O3/c1-3-4-5-10-18-15(20)13(14(19)17-16(18)21)12-8-6-11(2)7-9-12/h6-9,13H,3-5,10H2,1-2H3,(H,17,19,21). The van der Waals surface area contributed by atoms with Crippen LogP contribution in [-0.2, 0) is 9.59 Å². The van der Waals surface area contributed by atoms with Crippen LogP contribution in [0.4, 0.5) is 4.79 Å². The third-order valence-electron chi connectivity index (χ3n) is 3.65. The number of carbonyl (C=O) groups is 3. The van der Waals surface area contributed by atoms with E-state index in [1.807, 2.05) is 19.1 Å². The Morgan fingerprint density at radius 3 is 2.38 bits per heavy atom. The van der Waals surface area contributed by atoms with E-state index in [2.05, 4.69) is 12.2 Å². The first-order valence-electron chi connectivity index (χ1n) is 7.27. The highest BCUT2D eigenvalue weighted by Gasteiger charge is 2.40. The maximum Gasteiger partial charge on any atom is 0.330 e. The van der Waals surface area contributed by atoms with E-state index < -0.39 is 23.8 Å². The molecule has 0 aliphatic carbocycles. The first-order chi connectivity index (χ1) is 10.0. The number of benzene rings is 1. The fourth-order valence-electron chi connectivity index (χ4n) is 2.40. The van der Waals surface area contributed by atoms with Gasteiger partial charge in [-0.05, 0) is 18.9 Å². The van der Waals surface area contributed by atoms with E-state index in [4.69, 9.17) is 0 Å². The summed E-state index contributed by atoms with van der Waals surface area (Å²) in [7, 11) is 0. The van der Waals surface area contributed by atoms with Gasteiger partial charge >= 0.3 is 6.03 Å². The molecule has 21 heavy (non-hydrogen) atoms. The second kappa shape index (κ2) is 6.52. The normalized spacial score (nSPS) is 18.9. The highest BCUT2D eigenvalue weighted by atomic mass is 16.2. The lowest BCUT2D eigenvalue weighted by Gasteiger charge is -2.30. The van der Waals surface area contributed by atoms with Crippen molar-refractivity contribution in [2.24, 2.45) is 0 Å². The molecule has 1 unspecified atom stereocenters. The fraction of sp³-hybridized carbons (Fsp3) is 0.438. The van der Waals surface area contributed by atoms with Crippen molar-refractivity contribution < 1.29 is 14.4 Å². The highest BCUT2D eigenvalue weighted by Crippen LogP contribution is 2.23. The molecular weight excluding hydrogens is 268 g/mol. The van der Waals surface area contributed by atoms with Crippen molar-refractivity contribution in [1.82, 2.24) is 10.2 Å². The summed E-state index contributed by atoms with van der Waals surface area (Å²) in [6, 6.07) is 6.63. The van der Waals surface area contributed by atoms with Gasteiger partial charge in [0.05, 0.1) is 0 Å². The number of barbiturate groups is 1. The molecule has 1 saturated heterocycles. The van der Waals surface area contributed by atoms with Gasteiger partial charge in [-0.1, -0.05) is 49.6 Å². The van der Waals surface area contributed by atoms with Gasteiger partial charge in [0.25, 0.3) is 0 Å². The average Bonchev–Trinajstić information content (AvgIpc) is 2.44. The maximum atomic E-state index is 12.5. The largest absolute Gasteiger partial charge is 0.330 e. The number of nitrogens with one attached hydrogen (secondary N) is 1. The molecule has 0 radical (unpaired) electrons. The molecule has 1 aliphatic heterocycles. The number of aryl methyl sites for hydroxylation is 1. The Morgan fingerprint density at radius 1 is 1.10 bits per heavy atom. The minimum absolute atomic E-state index is 0.355. The molecule has 0 saturated carbocycles. The summed E-state index contributed by atoms with van der Waals surface area (Å²) in [5, 5.41) is 2.28. The third kappa shape index (κ3) is 3.29. The molecule has 0 aromatic heterocycles. The number of rotatable bonds is 5. The Balaban J connectivity index is 2.20. The maximum absolute atomic E-state index is 12.5. The van der Waals surface area contributed by atoms with Crippen molar-refractivity contribution in [2.45, 2.75) is 39.0 Å². The van der Waals surface area contributed by atoms with E-state index in [9.17, 15) is 14.4 Å². The third-order valence-corrected chi connectivity index (χ3v) is 3.65. The average molecular weight is 288 g/mol. The molecule has 1 aliphatic rings. The molecule has 1 N–H and O–H groups in total. The number of imide groups is 2. The Kier molecular flexibility index (Phi) is 4.73. The molecule has 112 valence electrons. The Morgan fingerprint density at radius 2 is 1.76 bits per heavy atom. The first kappa shape index (κ1) is 15.2. The van der Waals surface area contributed by atoms with Crippen molar-refractivity contribution >= 4 is 17.8 Å². The Hall–Kier alpha value is -2.17. The number of amides is 4. The van der Waals surface area contributed by atoms with E-state index in [0.29, 0.717) is 12.1 Å². The molecule has 5 nitrogen and oxygen atoms in total. The molecule has 0 bridgehead atoms. The molecule has 2 rings (SSSR count). The van der Waals surface area contributed by atoms with Crippen LogP contribution < -0.4 is 5.32 Å². The highest BCUT2D eigenvalue weighted by molar-refractivity contribution is 6.19. The monoisotopic (exact) mass is 288 g/mol. The predicted molar refractivity (Wildman–Crippen MR) is 78.7 cm³/mol. The second-order valence-corrected chi connectivity index (χ2v) is 5.34. The van der Waals surface area contributed by atoms with Crippen LogP contribution >= 0.6 is 0 Å². The summed E-state index contributed by atoms with van der Waals surface area (Å²) in [6.45, 7) is 4.35. The molecule has 1 aromatic rings. The van der Waals surface area contributed by atoms with Gasteiger partial charge in [0.2, 0.25) is 11.8 Å². The van der Waals surface area contributed by atoms with E-state index in [0.717, 1.165) is 29.7 Å². The number of hydrogen-bond donors (Lipinski definition) is 1. The smallest absolute Gasteiger partial charge is 0.277 e. The SMILES string of the molecule is CCCCCN1C(=O)NC(=O)C(c2ccc(C)cc2)C1=O. The lowest BCUT2D eigenvalue weighted by molar-refractivity contribution is -0.138. The molecule has 5 heteroatoms. The van der Waals surface area contributed by atoms with Gasteiger partial charge in [-0.25, -0.2) is 4.79 Å². The fourth-order valence-corrected chi connectivity index (χ4v) is 2.40. The van der Waals surface area contributed by atoms with Crippen LogP contribution in [0.15, 0.2) is 24.3 Å². The quantitative estimate of drug-likeness (QED) is 0.668. The first-order valence-corrected chi connectivity index (χ1v) is 7.27. The molecule has 1 atom stereocenters. The summed E-state index contributed by atoms with van der Waals surface area (Å²) in [5.74, 6) is -1.89. The second-order valence-electron chi connectivity index (χ2n) is 5.34. The molecule has 1 fully saturated rings. The van der Waals surface area contributed by atoms with Crippen molar-refractivity contribution in [3.8, 4) is 0 Å². The summed E-state index contributed by atoms with van der Waals surface area (Å²) < 4.78 is 0. The van der Waals surface area contributed by atoms with Gasteiger partial charge in [0, 0.05) is 6.54 Å². The number of nitrogens with zero attached hydrogens (tertiary/aromatic N) is 1. The predicted octanol–water partition coefficient (Wildman–Crippen LogP) is 2.35. The van der Waals surface area contributed by atoms with Gasteiger partial charge in [0.15, 0.2) is 0 Å². The number of urea groups is 1. The minimum atomic E-state index is -0.926. The molecule has 1 aromatic carbocycles. The summed E-state index contributed by atoms with van der Waals surface area (Å²) in [4.78, 5) is 37.4. The van der Waals surface area contributed by atoms with Crippen molar-refractivity contribution in [3.05, 3.63) is 35.4 Å². The van der Waals surface area contributed by atoms with E-state index in [1.165, 1.54) is 0 Å². The van der Waals surface area contributed by atoms with Crippen molar-refractivity contribution in [3.63, 3.8) is 0 Å². The van der Waals surface area contributed by atoms with E-state index >= 15 is 0 Å². The zero-order valence-electron chi connectivity index (χ0n) is 12.4. The summed E-state index contributed by atoms with van der Waals surface area (Å²) in [6.07, 6.45) is 2.70. The van der Waals surface area contributed by atoms with Crippen LogP contribution in [-0.4, -0.2) is 29.3 Å². The zero-order chi connectivity index (χ0) is 15.4. The molecule has 1 heterocycles. The summed E-state index contributed by atoms with van der Waals surface area (Å²) >= 11 is 0. The minimum Gasteiger partial charge on any atom is -0.277 e. The van der Waals surface area contributed by atoms with Crippen LogP contribution in [0.5, 0.6) is 0 Å². The number of carbonyl (C=O) groups excluding carboxylic acids is 3. The summed E-state index contributed by atoms with van der Waals surface area (Å²) in [5.41, 5.74) is 1.68. The van der Waals surface area contributed by atoms with Crippen LogP contribution in [0, 0.1) is 6.92 Å². The van der Waals surface area contributed by atoms with Gasteiger partial charge in [-0.3, -0.25) is 19.8 Å². The Labute approximate surface area is 124 Å². The zero-order valence-corrected chi connectivity index (χ0v) is 12.4. The lowest BCUT2D eigenvalue weighted by atomic mass is 9.94. The molecule has 4 amide bonds.